The SMILES string of the molecule is CCCCCCCCSC(Cl)=C(Cl)COC(C)=O. The van der Waals surface area contributed by atoms with Gasteiger partial charge in [0.05, 0.1) is 9.40 Å². The molecule has 0 aromatic rings. The van der Waals surface area contributed by atoms with Gasteiger partial charge in [0.1, 0.15) is 6.61 Å². The number of hydrogen-bond acceptors (Lipinski definition) is 3. The summed E-state index contributed by atoms with van der Waals surface area (Å²) in [6.07, 6.45) is 7.58. The largest absolute Gasteiger partial charge is 0.460 e. The zero-order chi connectivity index (χ0) is 13.8. The summed E-state index contributed by atoms with van der Waals surface area (Å²) in [5.74, 6) is 0.611. The second kappa shape index (κ2) is 12.2. The number of carbonyl (C=O) groups is 1. The summed E-state index contributed by atoms with van der Waals surface area (Å²) in [6, 6.07) is 0. The van der Waals surface area contributed by atoms with Crippen molar-refractivity contribution >= 4 is 40.9 Å². The summed E-state index contributed by atoms with van der Waals surface area (Å²) in [7, 11) is 0. The minimum atomic E-state index is -0.349. The van der Waals surface area contributed by atoms with Gasteiger partial charge in [-0.1, -0.05) is 62.2 Å². The van der Waals surface area contributed by atoms with Crippen molar-refractivity contribution in [2.45, 2.75) is 52.4 Å². The maximum Gasteiger partial charge on any atom is 0.302 e. The van der Waals surface area contributed by atoms with Crippen LogP contribution in [0, 0.1) is 0 Å². The molecular formula is C13H22Cl2O2S. The lowest BCUT2D eigenvalue weighted by atomic mass is 10.1. The van der Waals surface area contributed by atoms with Crippen LogP contribution in [-0.4, -0.2) is 18.3 Å². The summed E-state index contributed by atoms with van der Waals surface area (Å²) >= 11 is 13.4. The standard InChI is InChI=1S/C13H22Cl2O2S/c1-3-4-5-6-7-8-9-18-13(15)12(14)10-17-11(2)16/h3-10H2,1-2H3. The zero-order valence-corrected chi connectivity index (χ0v) is 13.5. The van der Waals surface area contributed by atoms with Crippen molar-refractivity contribution in [3.8, 4) is 0 Å². The van der Waals surface area contributed by atoms with Crippen LogP contribution in [0.15, 0.2) is 9.40 Å². The molecule has 0 fully saturated rings. The second-order valence-electron chi connectivity index (χ2n) is 4.08. The molecule has 0 saturated carbocycles. The van der Waals surface area contributed by atoms with E-state index >= 15 is 0 Å². The van der Waals surface area contributed by atoms with Gasteiger partial charge in [-0.05, 0) is 12.2 Å². The van der Waals surface area contributed by atoms with E-state index in [-0.39, 0.29) is 12.6 Å². The van der Waals surface area contributed by atoms with E-state index in [1.165, 1.54) is 50.8 Å². The number of unbranched alkanes of at least 4 members (excludes halogenated alkanes) is 5. The summed E-state index contributed by atoms with van der Waals surface area (Å²) in [6.45, 7) is 3.63. The maximum atomic E-state index is 10.6. The highest BCUT2D eigenvalue weighted by Gasteiger charge is 2.04. The molecule has 0 rings (SSSR count). The van der Waals surface area contributed by atoms with Gasteiger partial charge in [0.2, 0.25) is 0 Å². The number of thioether (sulfide) groups is 1. The predicted molar refractivity (Wildman–Crippen MR) is 81.2 cm³/mol. The quantitative estimate of drug-likeness (QED) is 0.405. The summed E-state index contributed by atoms with van der Waals surface area (Å²) in [5.41, 5.74) is 0. The Bertz CT molecular complexity index is 268. The van der Waals surface area contributed by atoms with Crippen LogP contribution >= 0.6 is 35.0 Å². The lowest BCUT2D eigenvalue weighted by molar-refractivity contribution is -0.139. The lowest BCUT2D eigenvalue weighted by Gasteiger charge is -2.04. The van der Waals surface area contributed by atoms with Gasteiger partial charge in [-0.15, -0.1) is 11.8 Å². The summed E-state index contributed by atoms with van der Waals surface area (Å²) in [4.78, 5) is 10.6. The van der Waals surface area contributed by atoms with Crippen molar-refractivity contribution < 1.29 is 9.53 Å². The van der Waals surface area contributed by atoms with Crippen molar-refractivity contribution in [3.05, 3.63) is 9.40 Å². The van der Waals surface area contributed by atoms with Crippen molar-refractivity contribution in [2.24, 2.45) is 0 Å². The third-order valence-corrected chi connectivity index (χ3v) is 4.40. The first-order chi connectivity index (χ1) is 8.57. The van der Waals surface area contributed by atoms with E-state index in [0.29, 0.717) is 9.40 Å². The summed E-state index contributed by atoms with van der Waals surface area (Å²) < 4.78 is 5.30. The molecule has 106 valence electrons. The number of ether oxygens (including phenoxy) is 1. The lowest BCUT2D eigenvalue weighted by Crippen LogP contribution is -2.00. The second-order valence-corrected chi connectivity index (χ2v) is 6.24. The minimum Gasteiger partial charge on any atom is -0.460 e. The molecule has 0 heterocycles. The van der Waals surface area contributed by atoms with E-state index in [1.54, 1.807) is 0 Å². The Morgan fingerprint density at radius 1 is 1.11 bits per heavy atom. The minimum absolute atomic E-state index is 0.0687. The van der Waals surface area contributed by atoms with Gasteiger partial charge in [-0.25, -0.2) is 0 Å². The number of halogens is 2. The summed E-state index contributed by atoms with van der Waals surface area (Å²) in [5, 5.41) is 0.405. The van der Waals surface area contributed by atoms with E-state index in [4.69, 9.17) is 27.9 Å². The molecule has 0 saturated heterocycles. The molecule has 0 spiro atoms. The predicted octanol–water partition coefficient (Wildman–Crippen LogP) is 5.29. The van der Waals surface area contributed by atoms with Crippen LogP contribution in [0.4, 0.5) is 0 Å². The van der Waals surface area contributed by atoms with Gasteiger partial charge in [0.25, 0.3) is 0 Å². The molecule has 0 aliphatic rings. The Hall–Kier alpha value is 0.140. The maximum absolute atomic E-state index is 10.6. The van der Waals surface area contributed by atoms with Gasteiger partial charge in [0, 0.05) is 6.92 Å². The molecule has 0 aromatic heterocycles. The Labute approximate surface area is 124 Å². The van der Waals surface area contributed by atoms with E-state index < -0.39 is 0 Å². The average molecular weight is 313 g/mol. The molecule has 0 N–H and O–H groups in total. The highest BCUT2D eigenvalue weighted by atomic mass is 35.5. The van der Waals surface area contributed by atoms with Crippen LogP contribution in [-0.2, 0) is 9.53 Å². The Kier molecular flexibility index (Phi) is 12.3. The number of rotatable bonds is 10. The van der Waals surface area contributed by atoms with Gasteiger partial charge >= 0.3 is 5.97 Å². The zero-order valence-electron chi connectivity index (χ0n) is 11.1. The van der Waals surface area contributed by atoms with Crippen molar-refractivity contribution in [1.82, 2.24) is 0 Å². The Morgan fingerprint density at radius 2 is 1.72 bits per heavy atom. The third kappa shape index (κ3) is 11.2. The Morgan fingerprint density at radius 3 is 2.33 bits per heavy atom. The molecule has 0 unspecified atom stereocenters. The van der Waals surface area contributed by atoms with Gasteiger partial charge in [-0.2, -0.15) is 0 Å². The molecule has 0 amide bonds. The average Bonchev–Trinajstić information content (AvgIpc) is 2.34. The normalized spacial score (nSPS) is 12.2. The van der Waals surface area contributed by atoms with Crippen molar-refractivity contribution in [3.63, 3.8) is 0 Å². The highest BCUT2D eigenvalue weighted by Crippen LogP contribution is 2.27. The first-order valence-electron chi connectivity index (χ1n) is 6.38. The van der Waals surface area contributed by atoms with Crippen LogP contribution < -0.4 is 0 Å². The molecule has 0 aromatic carbocycles. The van der Waals surface area contributed by atoms with Gasteiger partial charge < -0.3 is 4.74 Å². The molecular weight excluding hydrogens is 291 g/mol. The molecule has 0 aliphatic heterocycles. The fourth-order valence-electron chi connectivity index (χ4n) is 1.34. The fraction of sp³-hybridized carbons (Fsp3) is 0.769. The van der Waals surface area contributed by atoms with E-state index in [9.17, 15) is 4.79 Å². The first-order valence-corrected chi connectivity index (χ1v) is 8.12. The van der Waals surface area contributed by atoms with Gasteiger partial charge in [0.15, 0.2) is 0 Å². The number of carbonyl (C=O) groups excluding carboxylic acids is 1. The van der Waals surface area contributed by atoms with E-state index in [2.05, 4.69) is 6.92 Å². The monoisotopic (exact) mass is 312 g/mol. The molecule has 5 heteroatoms. The van der Waals surface area contributed by atoms with Crippen LogP contribution in [0.25, 0.3) is 0 Å². The Balaban J connectivity index is 3.58. The van der Waals surface area contributed by atoms with Crippen LogP contribution in [0.3, 0.4) is 0 Å². The molecule has 0 radical (unpaired) electrons. The molecule has 2 nitrogen and oxygen atoms in total. The van der Waals surface area contributed by atoms with Gasteiger partial charge in [-0.3, -0.25) is 4.79 Å². The smallest absolute Gasteiger partial charge is 0.302 e. The van der Waals surface area contributed by atoms with Crippen LogP contribution in [0.2, 0.25) is 0 Å². The highest BCUT2D eigenvalue weighted by molar-refractivity contribution is 8.04. The molecule has 0 atom stereocenters. The van der Waals surface area contributed by atoms with Crippen molar-refractivity contribution in [2.75, 3.05) is 12.4 Å². The van der Waals surface area contributed by atoms with Crippen LogP contribution in [0.1, 0.15) is 52.4 Å². The van der Waals surface area contributed by atoms with E-state index in [0.717, 1.165) is 12.2 Å². The fourth-order valence-corrected chi connectivity index (χ4v) is 2.59. The van der Waals surface area contributed by atoms with Crippen molar-refractivity contribution in [1.29, 1.82) is 0 Å². The van der Waals surface area contributed by atoms with E-state index in [1.807, 2.05) is 0 Å². The number of hydrogen-bond donors (Lipinski definition) is 0. The number of esters is 1. The third-order valence-electron chi connectivity index (χ3n) is 2.34. The topological polar surface area (TPSA) is 26.3 Å². The molecule has 0 bridgehead atoms. The van der Waals surface area contributed by atoms with Crippen LogP contribution in [0.5, 0.6) is 0 Å². The molecule has 0 aliphatic carbocycles. The molecule has 18 heavy (non-hydrogen) atoms. The first kappa shape index (κ1) is 18.1.